The third-order valence-corrected chi connectivity index (χ3v) is 2.34. The Labute approximate surface area is 109 Å². The second kappa shape index (κ2) is 6.93. The van der Waals surface area contributed by atoms with Crippen LogP contribution in [0.25, 0.3) is 0 Å². The van der Waals surface area contributed by atoms with Crippen molar-refractivity contribution in [1.82, 2.24) is 0 Å². The van der Waals surface area contributed by atoms with Gasteiger partial charge in [0.2, 0.25) is 0 Å². The number of ether oxygens (including phenoxy) is 1. The highest BCUT2D eigenvalue weighted by atomic mass is 35.5. The fraction of sp³-hybridized carbons (Fsp3) is 0.364. The molecule has 18 heavy (non-hydrogen) atoms. The van der Waals surface area contributed by atoms with Crippen LogP contribution in [-0.2, 0) is 4.74 Å². The summed E-state index contributed by atoms with van der Waals surface area (Å²) in [4.78, 5) is 13.9. The van der Waals surface area contributed by atoms with Gasteiger partial charge in [-0.05, 0) is 23.8 Å². The van der Waals surface area contributed by atoms with E-state index >= 15 is 0 Å². The molecule has 0 aliphatic carbocycles. The molecule has 7 heteroatoms. The van der Waals surface area contributed by atoms with Gasteiger partial charge in [0, 0.05) is 37.6 Å². The minimum atomic E-state index is -0.753. The standard InChI is InChI=1S/C11H13ClN2O4/c1-18-4-2-3-13-7-8-5-9(12)6-10(11(8)15)14(16)17/h5-7,15H,2-4H2,1H3/p-1. The summed E-state index contributed by atoms with van der Waals surface area (Å²) in [6, 6.07) is 2.39. The summed E-state index contributed by atoms with van der Waals surface area (Å²) in [5, 5.41) is 22.4. The molecule has 0 aliphatic heterocycles. The zero-order valence-electron chi connectivity index (χ0n) is 9.76. The number of benzene rings is 1. The zero-order chi connectivity index (χ0) is 13.5. The van der Waals surface area contributed by atoms with E-state index in [9.17, 15) is 15.2 Å². The largest absolute Gasteiger partial charge is 0.867 e. The predicted octanol–water partition coefficient (Wildman–Crippen LogP) is 1.78. The van der Waals surface area contributed by atoms with Crippen molar-refractivity contribution in [2.24, 2.45) is 4.99 Å². The first-order valence-electron chi connectivity index (χ1n) is 5.20. The summed E-state index contributed by atoms with van der Waals surface area (Å²) in [7, 11) is 1.58. The topological polar surface area (TPSA) is 87.8 Å². The molecule has 1 rings (SSSR count). The Morgan fingerprint density at radius 1 is 1.56 bits per heavy atom. The van der Waals surface area contributed by atoms with Crippen molar-refractivity contribution >= 4 is 23.5 Å². The molecule has 0 amide bonds. The Hall–Kier alpha value is -1.66. The molecule has 0 bridgehead atoms. The van der Waals surface area contributed by atoms with Gasteiger partial charge in [0.05, 0.1) is 4.92 Å². The number of rotatable bonds is 6. The van der Waals surface area contributed by atoms with Crippen molar-refractivity contribution in [2.75, 3.05) is 20.3 Å². The van der Waals surface area contributed by atoms with E-state index in [0.717, 1.165) is 6.07 Å². The quantitative estimate of drug-likeness (QED) is 0.341. The van der Waals surface area contributed by atoms with Gasteiger partial charge in [-0.15, -0.1) is 0 Å². The van der Waals surface area contributed by atoms with Crippen LogP contribution in [0.15, 0.2) is 17.1 Å². The molecule has 0 aromatic heterocycles. The van der Waals surface area contributed by atoms with Crippen LogP contribution in [0.3, 0.4) is 0 Å². The maximum absolute atomic E-state index is 11.7. The van der Waals surface area contributed by atoms with Gasteiger partial charge in [0.15, 0.2) is 0 Å². The van der Waals surface area contributed by atoms with Gasteiger partial charge in [0.1, 0.15) is 0 Å². The summed E-state index contributed by atoms with van der Waals surface area (Å²) in [6.45, 7) is 1.05. The van der Waals surface area contributed by atoms with E-state index in [1.807, 2.05) is 0 Å². The predicted molar refractivity (Wildman–Crippen MR) is 66.5 cm³/mol. The van der Waals surface area contributed by atoms with E-state index < -0.39 is 16.4 Å². The van der Waals surface area contributed by atoms with E-state index in [2.05, 4.69) is 4.99 Å². The first kappa shape index (κ1) is 14.4. The lowest BCUT2D eigenvalue weighted by molar-refractivity contribution is -0.398. The van der Waals surface area contributed by atoms with Crippen LogP contribution < -0.4 is 5.11 Å². The third-order valence-electron chi connectivity index (χ3n) is 2.13. The molecular formula is C11H12ClN2O4-. The number of hydrogen-bond donors (Lipinski definition) is 0. The fourth-order valence-electron chi connectivity index (χ4n) is 1.29. The van der Waals surface area contributed by atoms with Gasteiger partial charge < -0.3 is 9.84 Å². The van der Waals surface area contributed by atoms with Gasteiger partial charge in [0.25, 0.3) is 5.69 Å². The van der Waals surface area contributed by atoms with Crippen LogP contribution in [0, 0.1) is 10.1 Å². The normalized spacial score (nSPS) is 11.0. The molecule has 0 fully saturated rings. The molecule has 0 atom stereocenters. The highest BCUT2D eigenvalue weighted by Gasteiger charge is 2.10. The first-order chi connectivity index (χ1) is 8.56. The van der Waals surface area contributed by atoms with Crippen LogP contribution >= 0.6 is 11.6 Å². The number of halogens is 1. The number of nitro groups is 1. The van der Waals surface area contributed by atoms with Gasteiger partial charge >= 0.3 is 0 Å². The summed E-state index contributed by atoms with van der Waals surface area (Å²) in [6.07, 6.45) is 2.01. The van der Waals surface area contributed by atoms with Crippen molar-refractivity contribution in [3.63, 3.8) is 0 Å². The van der Waals surface area contributed by atoms with Crippen LogP contribution in [0.4, 0.5) is 5.69 Å². The van der Waals surface area contributed by atoms with Crippen molar-refractivity contribution < 1.29 is 14.8 Å². The van der Waals surface area contributed by atoms with Crippen LogP contribution in [0.5, 0.6) is 5.75 Å². The van der Waals surface area contributed by atoms with Crippen LogP contribution in [0.1, 0.15) is 12.0 Å². The molecule has 1 aromatic rings. The van der Waals surface area contributed by atoms with Gasteiger partial charge in [-0.2, -0.15) is 0 Å². The number of nitrogens with zero attached hydrogens (tertiary/aromatic N) is 2. The summed E-state index contributed by atoms with van der Waals surface area (Å²) in [5.41, 5.74) is -0.424. The smallest absolute Gasteiger partial charge is 0.263 e. The number of aliphatic imine (C=N–C) groups is 1. The number of nitro benzene ring substituents is 1. The second-order valence-electron chi connectivity index (χ2n) is 3.48. The molecule has 0 radical (unpaired) electrons. The molecule has 98 valence electrons. The Morgan fingerprint density at radius 2 is 2.28 bits per heavy atom. The van der Waals surface area contributed by atoms with E-state index in [0.29, 0.717) is 19.6 Å². The first-order valence-corrected chi connectivity index (χ1v) is 5.57. The Balaban J connectivity index is 2.85. The molecule has 0 N–H and O–H groups in total. The Kier molecular flexibility index (Phi) is 5.54. The zero-order valence-corrected chi connectivity index (χ0v) is 10.5. The fourth-order valence-corrected chi connectivity index (χ4v) is 1.52. The highest BCUT2D eigenvalue weighted by Crippen LogP contribution is 2.29. The lowest BCUT2D eigenvalue weighted by atomic mass is 10.2. The second-order valence-corrected chi connectivity index (χ2v) is 3.92. The average Bonchev–Trinajstić information content (AvgIpc) is 2.32. The van der Waals surface area contributed by atoms with Crippen LogP contribution in [0.2, 0.25) is 5.02 Å². The van der Waals surface area contributed by atoms with Gasteiger partial charge in [-0.25, -0.2) is 0 Å². The lowest BCUT2D eigenvalue weighted by Gasteiger charge is -2.10. The summed E-state index contributed by atoms with van der Waals surface area (Å²) >= 11 is 5.70. The molecule has 0 saturated heterocycles. The molecule has 1 aromatic carbocycles. The van der Waals surface area contributed by atoms with Crippen molar-refractivity contribution in [2.45, 2.75) is 6.42 Å². The number of methoxy groups -OCH3 is 1. The van der Waals surface area contributed by atoms with Crippen molar-refractivity contribution in [1.29, 1.82) is 0 Å². The minimum Gasteiger partial charge on any atom is -0.867 e. The Morgan fingerprint density at radius 3 is 2.89 bits per heavy atom. The molecular weight excluding hydrogens is 260 g/mol. The van der Waals surface area contributed by atoms with Crippen LogP contribution in [-0.4, -0.2) is 31.4 Å². The third kappa shape index (κ3) is 3.97. The van der Waals surface area contributed by atoms with Gasteiger partial charge in [-0.3, -0.25) is 15.1 Å². The van der Waals surface area contributed by atoms with Crippen molar-refractivity contribution in [3.05, 3.63) is 32.8 Å². The Bertz CT molecular complexity index is 463. The van der Waals surface area contributed by atoms with E-state index in [1.165, 1.54) is 12.3 Å². The van der Waals surface area contributed by atoms with Gasteiger partial charge in [-0.1, -0.05) is 11.6 Å². The average molecular weight is 272 g/mol. The molecule has 6 nitrogen and oxygen atoms in total. The molecule has 0 aliphatic rings. The van der Waals surface area contributed by atoms with E-state index in [-0.39, 0.29) is 10.6 Å². The lowest BCUT2D eigenvalue weighted by Crippen LogP contribution is -2.02. The monoisotopic (exact) mass is 271 g/mol. The maximum atomic E-state index is 11.7. The molecule has 0 unspecified atom stereocenters. The van der Waals surface area contributed by atoms with E-state index in [4.69, 9.17) is 16.3 Å². The maximum Gasteiger partial charge on any atom is 0.263 e. The molecule has 0 heterocycles. The number of hydrogen-bond acceptors (Lipinski definition) is 5. The minimum absolute atomic E-state index is 0.117. The summed E-state index contributed by atoms with van der Waals surface area (Å²) < 4.78 is 4.84. The molecule has 0 spiro atoms. The summed E-state index contributed by atoms with van der Waals surface area (Å²) in [5.74, 6) is -0.681. The molecule has 0 saturated carbocycles. The highest BCUT2D eigenvalue weighted by molar-refractivity contribution is 6.31. The van der Waals surface area contributed by atoms with Crippen molar-refractivity contribution in [3.8, 4) is 5.75 Å². The SMILES string of the molecule is COCCCN=Cc1cc(Cl)cc([N+](=O)[O-])c1[O-]. The van der Waals surface area contributed by atoms with E-state index in [1.54, 1.807) is 7.11 Å².